The number of hydrogen-bond donors (Lipinski definition) is 3. The van der Waals surface area contributed by atoms with Crippen LogP contribution in [0.2, 0.25) is 0 Å². The second-order valence-electron chi connectivity index (χ2n) is 5.39. The SMILES string of the molecule is CO[C@@H]1[C@H](C)[C@@H](COP(=O)(O)O)O[C@H]1n1cc(C)c(=O)[nH]c1=O. The Morgan fingerprint density at radius 2 is 2.09 bits per heavy atom. The number of ether oxygens (including phenoxy) is 2. The normalized spacial score (nSPS) is 28.2. The molecule has 0 amide bonds. The lowest BCUT2D eigenvalue weighted by atomic mass is 10.0. The minimum atomic E-state index is -4.63. The van der Waals surface area contributed by atoms with E-state index in [-0.39, 0.29) is 12.5 Å². The van der Waals surface area contributed by atoms with Crippen LogP contribution in [-0.2, 0) is 18.6 Å². The molecule has 0 aromatic carbocycles. The largest absolute Gasteiger partial charge is 0.469 e. The Morgan fingerprint density at radius 3 is 2.65 bits per heavy atom. The minimum Gasteiger partial charge on any atom is -0.376 e. The summed E-state index contributed by atoms with van der Waals surface area (Å²) in [6, 6.07) is 0. The van der Waals surface area contributed by atoms with Gasteiger partial charge in [0.2, 0.25) is 0 Å². The van der Waals surface area contributed by atoms with Gasteiger partial charge in [0, 0.05) is 24.8 Å². The number of phosphoric acid groups is 1. The molecule has 3 N–H and O–H groups in total. The monoisotopic (exact) mass is 350 g/mol. The maximum atomic E-state index is 12.0. The number of aromatic amines is 1. The highest BCUT2D eigenvalue weighted by atomic mass is 31.2. The summed E-state index contributed by atoms with van der Waals surface area (Å²) in [7, 11) is -3.19. The van der Waals surface area contributed by atoms with E-state index in [2.05, 4.69) is 9.51 Å². The number of aromatic nitrogens is 2. The molecule has 0 bridgehead atoms. The highest BCUT2D eigenvalue weighted by Crippen LogP contribution is 2.40. The van der Waals surface area contributed by atoms with E-state index in [9.17, 15) is 14.2 Å². The Labute approximate surface area is 131 Å². The van der Waals surface area contributed by atoms with E-state index in [1.54, 1.807) is 13.8 Å². The van der Waals surface area contributed by atoms with E-state index >= 15 is 0 Å². The van der Waals surface area contributed by atoms with Crippen LogP contribution in [0.15, 0.2) is 15.8 Å². The predicted octanol–water partition coefficient (Wildman–Crippen LogP) is -0.497. The fourth-order valence-electron chi connectivity index (χ4n) is 2.54. The summed E-state index contributed by atoms with van der Waals surface area (Å²) in [4.78, 5) is 43.2. The van der Waals surface area contributed by atoms with Gasteiger partial charge in [-0.15, -0.1) is 0 Å². The quantitative estimate of drug-likeness (QED) is 0.604. The minimum absolute atomic E-state index is 0.296. The molecule has 1 aliphatic rings. The smallest absolute Gasteiger partial charge is 0.376 e. The summed E-state index contributed by atoms with van der Waals surface area (Å²) in [5, 5.41) is 0. The Bertz CT molecular complexity index is 723. The van der Waals surface area contributed by atoms with Crippen LogP contribution < -0.4 is 11.2 Å². The van der Waals surface area contributed by atoms with Gasteiger partial charge in [-0.2, -0.15) is 0 Å². The summed E-state index contributed by atoms with van der Waals surface area (Å²) in [5.74, 6) is -0.296. The van der Waals surface area contributed by atoms with Gasteiger partial charge in [-0.25, -0.2) is 9.36 Å². The van der Waals surface area contributed by atoms with Crippen molar-refractivity contribution >= 4 is 7.82 Å². The molecule has 4 atom stereocenters. The van der Waals surface area contributed by atoms with Crippen molar-refractivity contribution in [2.24, 2.45) is 5.92 Å². The number of nitrogens with one attached hydrogen (secondary N) is 1. The lowest BCUT2D eigenvalue weighted by molar-refractivity contribution is -0.0621. The van der Waals surface area contributed by atoms with Gasteiger partial charge in [0.05, 0.1) is 12.7 Å². The second kappa shape index (κ2) is 6.68. The number of rotatable bonds is 5. The number of nitrogens with zero attached hydrogens (tertiary/aromatic N) is 1. The van der Waals surface area contributed by atoms with Crippen molar-refractivity contribution in [3.63, 3.8) is 0 Å². The van der Waals surface area contributed by atoms with Crippen LogP contribution in [-0.4, -0.2) is 45.3 Å². The van der Waals surface area contributed by atoms with Gasteiger partial charge in [-0.3, -0.25) is 18.9 Å². The zero-order valence-corrected chi connectivity index (χ0v) is 13.7. The lowest BCUT2D eigenvalue weighted by Gasteiger charge is -2.21. The first-order chi connectivity index (χ1) is 10.6. The van der Waals surface area contributed by atoms with Crippen LogP contribution in [0.3, 0.4) is 0 Å². The van der Waals surface area contributed by atoms with Crippen molar-refractivity contribution in [3.8, 4) is 0 Å². The fourth-order valence-corrected chi connectivity index (χ4v) is 2.88. The first-order valence-electron chi connectivity index (χ1n) is 6.84. The molecule has 1 aromatic rings. The maximum absolute atomic E-state index is 12.0. The molecular formula is C12H19N2O8P. The first-order valence-corrected chi connectivity index (χ1v) is 8.37. The van der Waals surface area contributed by atoms with Crippen LogP contribution in [0.4, 0.5) is 0 Å². The van der Waals surface area contributed by atoms with E-state index in [1.165, 1.54) is 17.9 Å². The third-order valence-electron chi connectivity index (χ3n) is 3.80. The van der Waals surface area contributed by atoms with E-state index in [0.29, 0.717) is 5.56 Å². The highest BCUT2D eigenvalue weighted by molar-refractivity contribution is 7.46. The van der Waals surface area contributed by atoms with Gasteiger partial charge in [0.25, 0.3) is 5.56 Å². The van der Waals surface area contributed by atoms with Gasteiger partial charge < -0.3 is 19.3 Å². The third kappa shape index (κ3) is 3.97. The number of aryl methyl sites for hydroxylation is 1. The molecule has 1 aliphatic heterocycles. The van der Waals surface area contributed by atoms with Gasteiger partial charge >= 0.3 is 13.5 Å². The van der Waals surface area contributed by atoms with Crippen LogP contribution in [0.1, 0.15) is 18.7 Å². The number of H-pyrrole nitrogens is 1. The van der Waals surface area contributed by atoms with Gasteiger partial charge in [0.1, 0.15) is 6.10 Å². The first kappa shape index (κ1) is 18.1. The van der Waals surface area contributed by atoms with Gasteiger partial charge in [-0.05, 0) is 6.92 Å². The van der Waals surface area contributed by atoms with Crippen molar-refractivity contribution in [2.45, 2.75) is 32.3 Å². The molecule has 0 unspecified atom stereocenters. The molecule has 2 heterocycles. The Balaban J connectivity index is 2.29. The second-order valence-corrected chi connectivity index (χ2v) is 6.63. The van der Waals surface area contributed by atoms with Crippen molar-refractivity contribution in [3.05, 3.63) is 32.6 Å². The molecule has 1 saturated heterocycles. The zero-order chi connectivity index (χ0) is 17.4. The summed E-state index contributed by atoms with van der Waals surface area (Å²) in [6.45, 7) is 2.95. The van der Waals surface area contributed by atoms with Crippen LogP contribution in [0.5, 0.6) is 0 Å². The van der Waals surface area contributed by atoms with Gasteiger partial charge in [0.15, 0.2) is 6.23 Å². The van der Waals surface area contributed by atoms with Crippen LogP contribution >= 0.6 is 7.82 Å². The predicted molar refractivity (Wildman–Crippen MR) is 77.9 cm³/mol. The Morgan fingerprint density at radius 1 is 1.43 bits per heavy atom. The summed E-state index contributed by atoms with van der Waals surface area (Å²) >= 11 is 0. The third-order valence-corrected chi connectivity index (χ3v) is 4.28. The molecule has 2 rings (SSSR count). The number of methoxy groups -OCH3 is 1. The van der Waals surface area contributed by atoms with Crippen LogP contribution in [0.25, 0.3) is 0 Å². The molecule has 10 nitrogen and oxygen atoms in total. The highest BCUT2D eigenvalue weighted by Gasteiger charge is 2.44. The summed E-state index contributed by atoms with van der Waals surface area (Å²) in [6.07, 6.45) is -0.722. The maximum Gasteiger partial charge on any atom is 0.469 e. The van der Waals surface area contributed by atoms with Crippen molar-refractivity contribution < 1.29 is 28.3 Å². The van der Waals surface area contributed by atoms with E-state index in [1.807, 2.05) is 0 Å². The molecule has 1 aromatic heterocycles. The van der Waals surface area contributed by atoms with E-state index < -0.39 is 37.5 Å². The summed E-state index contributed by atoms with van der Waals surface area (Å²) in [5.41, 5.74) is -0.824. The Hall–Kier alpha value is -1.29. The van der Waals surface area contributed by atoms with Gasteiger partial charge in [-0.1, -0.05) is 6.92 Å². The topological polar surface area (TPSA) is 140 Å². The molecule has 0 radical (unpaired) electrons. The average molecular weight is 350 g/mol. The molecule has 1 fully saturated rings. The molecule has 0 saturated carbocycles. The van der Waals surface area contributed by atoms with Crippen molar-refractivity contribution in [1.82, 2.24) is 9.55 Å². The average Bonchev–Trinajstić information content (AvgIpc) is 2.76. The van der Waals surface area contributed by atoms with Crippen LogP contribution in [0, 0.1) is 12.8 Å². The standard InChI is InChI=1S/C12H19N2O8P/c1-6-4-14(12(16)13-10(6)15)11-9(20-3)7(2)8(22-11)5-21-23(17,18)19/h4,7-9,11H,5H2,1-3H3,(H,13,15,16)(H2,17,18,19)/t7-,8-,9-,11-/m1/s1. The lowest BCUT2D eigenvalue weighted by Crippen LogP contribution is -2.37. The molecule has 23 heavy (non-hydrogen) atoms. The number of phosphoric ester groups is 1. The number of hydrogen-bond acceptors (Lipinski definition) is 6. The Kier molecular flexibility index (Phi) is 5.24. The van der Waals surface area contributed by atoms with E-state index in [4.69, 9.17) is 19.3 Å². The molecule has 130 valence electrons. The molecule has 11 heteroatoms. The molecular weight excluding hydrogens is 331 g/mol. The molecule has 0 aliphatic carbocycles. The van der Waals surface area contributed by atoms with Crippen molar-refractivity contribution in [1.29, 1.82) is 0 Å². The summed E-state index contributed by atoms with van der Waals surface area (Å²) < 4.78 is 27.5. The fraction of sp³-hybridized carbons (Fsp3) is 0.667. The zero-order valence-electron chi connectivity index (χ0n) is 12.8. The van der Waals surface area contributed by atoms with E-state index in [0.717, 1.165) is 0 Å². The molecule has 0 spiro atoms. The van der Waals surface area contributed by atoms with Crippen molar-refractivity contribution in [2.75, 3.05) is 13.7 Å².